The monoisotopic (exact) mass is 315 g/mol. The van der Waals surface area contributed by atoms with Crippen LogP contribution in [-0.2, 0) is 0 Å². The molecule has 24 heavy (non-hydrogen) atoms. The second kappa shape index (κ2) is 5.92. The number of rotatable bonds is 3. The van der Waals surface area contributed by atoms with Gasteiger partial charge in [-0.3, -0.25) is 19.4 Å². The van der Waals surface area contributed by atoms with E-state index >= 15 is 0 Å². The summed E-state index contributed by atoms with van der Waals surface area (Å²) in [5.41, 5.74) is 2.62. The highest BCUT2D eigenvalue weighted by atomic mass is 16.1. The molecular formula is C18H13N5O. The summed E-state index contributed by atoms with van der Waals surface area (Å²) in [5.74, 6) is 0. The normalized spacial score (nSPS) is 11.3. The van der Waals surface area contributed by atoms with Crippen molar-refractivity contribution in [2.24, 2.45) is 0 Å². The Morgan fingerprint density at radius 2 is 1.88 bits per heavy atom. The molecule has 0 unspecified atom stereocenters. The Morgan fingerprint density at radius 3 is 2.67 bits per heavy atom. The summed E-state index contributed by atoms with van der Waals surface area (Å²) in [6.45, 7) is 0. The van der Waals surface area contributed by atoms with E-state index < -0.39 is 0 Å². The molecule has 4 heterocycles. The summed E-state index contributed by atoms with van der Waals surface area (Å²) >= 11 is 0. The first-order valence-corrected chi connectivity index (χ1v) is 7.42. The average Bonchev–Trinajstić information content (AvgIpc) is 3.06. The minimum Gasteiger partial charge on any atom is -0.267 e. The van der Waals surface area contributed by atoms with Crippen molar-refractivity contribution in [3.8, 4) is 5.69 Å². The summed E-state index contributed by atoms with van der Waals surface area (Å²) in [6, 6.07) is 12.7. The number of hydrogen-bond acceptors (Lipinski definition) is 4. The van der Waals surface area contributed by atoms with E-state index in [1.807, 2.05) is 36.4 Å². The van der Waals surface area contributed by atoms with Crippen LogP contribution in [0.1, 0.15) is 11.4 Å². The van der Waals surface area contributed by atoms with Crippen LogP contribution in [0.25, 0.3) is 23.5 Å². The number of pyridine rings is 2. The zero-order chi connectivity index (χ0) is 16.4. The van der Waals surface area contributed by atoms with Gasteiger partial charge in [0.1, 0.15) is 0 Å². The van der Waals surface area contributed by atoms with Crippen LogP contribution in [-0.4, -0.2) is 24.1 Å². The smallest absolute Gasteiger partial charge is 0.267 e. The van der Waals surface area contributed by atoms with Gasteiger partial charge in [0.15, 0.2) is 5.65 Å². The predicted octanol–water partition coefficient (Wildman–Crippen LogP) is 2.45. The van der Waals surface area contributed by atoms with Crippen LogP contribution in [0, 0.1) is 0 Å². The van der Waals surface area contributed by atoms with Crippen LogP contribution in [0.5, 0.6) is 0 Å². The van der Waals surface area contributed by atoms with E-state index in [9.17, 15) is 4.79 Å². The van der Waals surface area contributed by atoms with Gasteiger partial charge in [0.25, 0.3) is 5.56 Å². The fourth-order valence-corrected chi connectivity index (χ4v) is 2.46. The molecule has 0 saturated heterocycles. The minimum atomic E-state index is -0.158. The lowest BCUT2D eigenvalue weighted by Gasteiger charge is -2.05. The Bertz CT molecular complexity index is 1060. The molecule has 0 radical (unpaired) electrons. The van der Waals surface area contributed by atoms with E-state index in [-0.39, 0.29) is 5.56 Å². The van der Waals surface area contributed by atoms with Crippen molar-refractivity contribution in [3.05, 3.63) is 89.0 Å². The fraction of sp³-hybridized carbons (Fsp3) is 0. The largest absolute Gasteiger partial charge is 0.273 e. The first-order valence-electron chi connectivity index (χ1n) is 7.42. The van der Waals surface area contributed by atoms with Crippen molar-refractivity contribution < 1.29 is 0 Å². The van der Waals surface area contributed by atoms with Gasteiger partial charge in [0.05, 0.1) is 23.3 Å². The summed E-state index contributed by atoms with van der Waals surface area (Å²) in [5, 5.41) is 0. The summed E-state index contributed by atoms with van der Waals surface area (Å²) < 4.78 is 3.24. The van der Waals surface area contributed by atoms with Gasteiger partial charge in [-0.25, -0.2) is 4.98 Å². The van der Waals surface area contributed by atoms with E-state index in [4.69, 9.17) is 0 Å². The van der Waals surface area contributed by atoms with Gasteiger partial charge < -0.3 is 0 Å². The quantitative estimate of drug-likeness (QED) is 0.582. The number of nitrogens with zero attached hydrogens (tertiary/aromatic N) is 5. The third kappa shape index (κ3) is 2.61. The minimum absolute atomic E-state index is 0.158. The molecule has 6 nitrogen and oxygen atoms in total. The molecule has 0 atom stereocenters. The molecule has 0 bridgehead atoms. The Morgan fingerprint density at radius 1 is 0.958 bits per heavy atom. The van der Waals surface area contributed by atoms with Crippen LogP contribution in [0.4, 0.5) is 0 Å². The second-order valence-electron chi connectivity index (χ2n) is 5.15. The number of fused-ring (bicyclic) bond motifs is 1. The van der Waals surface area contributed by atoms with Gasteiger partial charge in [-0.05, 0) is 36.4 Å². The van der Waals surface area contributed by atoms with Gasteiger partial charge in [0.2, 0.25) is 0 Å². The molecule has 0 saturated carbocycles. The highest BCUT2D eigenvalue weighted by Gasteiger charge is 2.07. The standard InChI is InChI=1S/C18H13N5O/c24-18-12-15(7-6-14-4-1-2-10-20-14)21-17-8-11-22(23(17)18)16-5-3-9-19-13-16/h1-13H/b7-6+. The van der Waals surface area contributed by atoms with Crippen LogP contribution in [0.15, 0.2) is 72.0 Å². The fourth-order valence-electron chi connectivity index (χ4n) is 2.46. The Labute approximate surface area is 137 Å². The molecule has 116 valence electrons. The zero-order valence-corrected chi connectivity index (χ0v) is 12.6. The molecular weight excluding hydrogens is 302 g/mol. The first kappa shape index (κ1) is 14.1. The molecule has 0 aliphatic rings. The highest BCUT2D eigenvalue weighted by molar-refractivity contribution is 5.66. The zero-order valence-electron chi connectivity index (χ0n) is 12.6. The third-order valence-electron chi connectivity index (χ3n) is 3.54. The maximum atomic E-state index is 12.5. The van der Waals surface area contributed by atoms with Gasteiger partial charge >= 0.3 is 0 Å². The van der Waals surface area contributed by atoms with Crippen LogP contribution >= 0.6 is 0 Å². The average molecular weight is 315 g/mol. The van der Waals surface area contributed by atoms with E-state index in [0.29, 0.717) is 11.3 Å². The van der Waals surface area contributed by atoms with Gasteiger partial charge in [0, 0.05) is 30.7 Å². The maximum Gasteiger partial charge on any atom is 0.273 e. The number of aromatic nitrogens is 5. The topological polar surface area (TPSA) is 65.1 Å². The molecule has 6 heteroatoms. The lowest BCUT2D eigenvalue weighted by Crippen LogP contribution is -2.20. The van der Waals surface area contributed by atoms with Crippen molar-refractivity contribution in [2.75, 3.05) is 0 Å². The van der Waals surface area contributed by atoms with E-state index in [1.54, 1.807) is 41.6 Å². The molecule has 0 fully saturated rings. The van der Waals surface area contributed by atoms with Crippen LogP contribution in [0.3, 0.4) is 0 Å². The molecule has 0 aromatic carbocycles. The predicted molar refractivity (Wildman–Crippen MR) is 91.7 cm³/mol. The molecule has 4 rings (SSSR count). The lowest BCUT2D eigenvalue weighted by atomic mass is 10.3. The van der Waals surface area contributed by atoms with Gasteiger partial charge in [-0.1, -0.05) is 6.07 Å². The molecule has 0 aliphatic carbocycles. The first-order chi connectivity index (χ1) is 11.8. The van der Waals surface area contributed by atoms with E-state index in [0.717, 1.165) is 11.4 Å². The van der Waals surface area contributed by atoms with E-state index in [2.05, 4.69) is 15.0 Å². The van der Waals surface area contributed by atoms with Crippen LogP contribution in [0.2, 0.25) is 0 Å². The van der Waals surface area contributed by atoms with E-state index in [1.165, 1.54) is 10.6 Å². The maximum absolute atomic E-state index is 12.5. The molecule has 0 amide bonds. The van der Waals surface area contributed by atoms with Crippen LogP contribution < -0.4 is 5.56 Å². The Kier molecular flexibility index (Phi) is 3.47. The second-order valence-corrected chi connectivity index (χ2v) is 5.15. The Hall–Kier alpha value is -3.54. The third-order valence-corrected chi connectivity index (χ3v) is 3.54. The molecule has 0 aliphatic heterocycles. The van der Waals surface area contributed by atoms with Crippen molar-refractivity contribution in [3.63, 3.8) is 0 Å². The van der Waals surface area contributed by atoms with Gasteiger partial charge in [-0.2, -0.15) is 4.52 Å². The Balaban J connectivity index is 1.77. The van der Waals surface area contributed by atoms with Crippen molar-refractivity contribution in [1.82, 2.24) is 24.1 Å². The SMILES string of the molecule is O=c1cc(/C=C/c2ccccn2)nc2ccn(-c3cccnc3)n12. The van der Waals surface area contributed by atoms with Crippen molar-refractivity contribution in [1.29, 1.82) is 0 Å². The van der Waals surface area contributed by atoms with Gasteiger partial charge in [-0.15, -0.1) is 0 Å². The molecule has 4 aromatic heterocycles. The van der Waals surface area contributed by atoms with Crippen molar-refractivity contribution in [2.45, 2.75) is 0 Å². The number of hydrogen-bond donors (Lipinski definition) is 0. The summed E-state index contributed by atoms with van der Waals surface area (Å²) in [4.78, 5) is 25.3. The molecule has 4 aromatic rings. The summed E-state index contributed by atoms with van der Waals surface area (Å²) in [7, 11) is 0. The molecule has 0 spiro atoms. The highest BCUT2D eigenvalue weighted by Crippen LogP contribution is 2.09. The molecule has 0 N–H and O–H groups in total. The van der Waals surface area contributed by atoms with Crippen molar-refractivity contribution >= 4 is 17.8 Å². The lowest BCUT2D eigenvalue weighted by molar-refractivity contribution is 0.760. The summed E-state index contributed by atoms with van der Waals surface area (Å²) in [6.07, 6.45) is 10.5.